The van der Waals surface area contributed by atoms with Crippen molar-refractivity contribution < 1.29 is 9.84 Å². The van der Waals surface area contributed by atoms with Crippen LogP contribution in [0, 0.1) is 11.3 Å². The van der Waals surface area contributed by atoms with E-state index in [1.807, 2.05) is 0 Å². The largest absolute Gasteiger partial charge is 0.396 e. The molecule has 2 fully saturated rings. The number of rotatable bonds is 8. The molecule has 2 rings (SSSR count). The molecule has 2 aliphatic rings. The van der Waals surface area contributed by atoms with E-state index in [-0.39, 0.29) is 5.41 Å². The Morgan fingerprint density at radius 1 is 1.29 bits per heavy atom. The second-order valence-corrected chi connectivity index (χ2v) is 6.12. The van der Waals surface area contributed by atoms with E-state index in [4.69, 9.17) is 4.74 Å². The molecule has 100 valence electrons. The van der Waals surface area contributed by atoms with E-state index in [2.05, 4.69) is 11.9 Å². The smallest absolute Gasteiger partial charge is 0.0593 e. The lowest BCUT2D eigenvalue weighted by Crippen LogP contribution is -2.38. The highest BCUT2D eigenvalue weighted by Crippen LogP contribution is 2.38. The molecule has 0 radical (unpaired) electrons. The molecule has 0 saturated heterocycles. The van der Waals surface area contributed by atoms with Crippen molar-refractivity contribution in [1.82, 2.24) is 4.90 Å². The van der Waals surface area contributed by atoms with Crippen LogP contribution in [0.25, 0.3) is 0 Å². The van der Waals surface area contributed by atoms with Gasteiger partial charge in [-0.1, -0.05) is 12.8 Å². The Labute approximate surface area is 105 Å². The average Bonchev–Trinajstić information content (AvgIpc) is 3.04. The minimum atomic E-state index is 0.186. The summed E-state index contributed by atoms with van der Waals surface area (Å²) in [5.74, 6) is 0.860. The third-order valence-corrected chi connectivity index (χ3v) is 4.27. The first-order valence-electron chi connectivity index (χ1n) is 7.11. The molecule has 2 saturated carbocycles. The first-order chi connectivity index (χ1) is 8.24. The van der Waals surface area contributed by atoms with Crippen molar-refractivity contribution in [3.05, 3.63) is 0 Å². The van der Waals surface area contributed by atoms with E-state index in [1.165, 1.54) is 38.5 Å². The number of aliphatic hydroxyl groups is 1. The van der Waals surface area contributed by atoms with E-state index < -0.39 is 0 Å². The zero-order chi connectivity index (χ0) is 12.1. The number of aliphatic hydroxyl groups excluding tert-OH is 1. The summed E-state index contributed by atoms with van der Waals surface area (Å²) in [6.07, 6.45) is 7.68. The van der Waals surface area contributed by atoms with Gasteiger partial charge in [0.05, 0.1) is 6.61 Å². The fraction of sp³-hybridized carbons (Fsp3) is 1.00. The van der Waals surface area contributed by atoms with Gasteiger partial charge in [-0.05, 0) is 38.6 Å². The summed E-state index contributed by atoms with van der Waals surface area (Å²) in [5, 5.41) is 9.56. The number of hydrogen-bond donors (Lipinski definition) is 1. The molecule has 1 N–H and O–H groups in total. The van der Waals surface area contributed by atoms with Crippen LogP contribution in [0.3, 0.4) is 0 Å². The van der Waals surface area contributed by atoms with Gasteiger partial charge in [-0.2, -0.15) is 0 Å². The van der Waals surface area contributed by atoms with Gasteiger partial charge >= 0.3 is 0 Å². The van der Waals surface area contributed by atoms with Crippen molar-refractivity contribution in [2.24, 2.45) is 11.3 Å². The molecule has 0 aromatic heterocycles. The first-order valence-corrected chi connectivity index (χ1v) is 7.11. The fourth-order valence-electron chi connectivity index (χ4n) is 2.90. The third-order valence-electron chi connectivity index (χ3n) is 4.27. The van der Waals surface area contributed by atoms with E-state index >= 15 is 0 Å². The van der Waals surface area contributed by atoms with Gasteiger partial charge in [0.15, 0.2) is 0 Å². The molecular weight excluding hydrogens is 214 g/mol. The predicted molar refractivity (Wildman–Crippen MR) is 69.0 cm³/mol. The lowest BCUT2D eigenvalue weighted by molar-refractivity contribution is 0.0620. The van der Waals surface area contributed by atoms with Crippen molar-refractivity contribution in [1.29, 1.82) is 0 Å². The molecule has 0 atom stereocenters. The zero-order valence-electron chi connectivity index (χ0n) is 11.2. The Morgan fingerprint density at radius 2 is 2.00 bits per heavy atom. The maximum absolute atomic E-state index is 9.56. The second-order valence-electron chi connectivity index (χ2n) is 6.12. The van der Waals surface area contributed by atoms with Crippen LogP contribution in [0.15, 0.2) is 0 Å². The molecule has 0 aromatic carbocycles. The van der Waals surface area contributed by atoms with Crippen LogP contribution in [0.5, 0.6) is 0 Å². The van der Waals surface area contributed by atoms with Crippen LogP contribution in [-0.2, 0) is 4.74 Å². The highest BCUT2D eigenvalue weighted by atomic mass is 16.5. The van der Waals surface area contributed by atoms with Crippen LogP contribution in [-0.4, -0.2) is 50.0 Å². The van der Waals surface area contributed by atoms with Gasteiger partial charge in [-0.15, -0.1) is 0 Å². The summed E-state index contributed by atoms with van der Waals surface area (Å²) in [7, 11) is 2.15. The minimum Gasteiger partial charge on any atom is -0.396 e. The molecule has 0 unspecified atom stereocenters. The van der Waals surface area contributed by atoms with E-state index in [0.717, 1.165) is 32.2 Å². The number of likely N-dealkylation sites (N-methyl/N-ethyl adjacent to an activating group) is 1. The zero-order valence-corrected chi connectivity index (χ0v) is 11.2. The van der Waals surface area contributed by atoms with Crippen LogP contribution < -0.4 is 0 Å². The topological polar surface area (TPSA) is 32.7 Å². The van der Waals surface area contributed by atoms with Gasteiger partial charge in [0.25, 0.3) is 0 Å². The van der Waals surface area contributed by atoms with Crippen LogP contribution in [0.2, 0.25) is 0 Å². The van der Waals surface area contributed by atoms with Crippen LogP contribution in [0.4, 0.5) is 0 Å². The lowest BCUT2D eigenvalue weighted by Gasteiger charge is -2.31. The van der Waals surface area contributed by atoms with Gasteiger partial charge < -0.3 is 14.7 Å². The summed E-state index contributed by atoms with van der Waals surface area (Å²) >= 11 is 0. The summed E-state index contributed by atoms with van der Waals surface area (Å²) in [6, 6.07) is 0. The summed E-state index contributed by atoms with van der Waals surface area (Å²) in [6.45, 7) is 4.17. The van der Waals surface area contributed by atoms with E-state index in [9.17, 15) is 5.11 Å². The third kappa shape index (κ3) is 4.23. The molecular formula is C14H27NO2. The molecule has 3 nitrogen and oxygen atoms in total. The summed E-state index contributed by atoms with van der Waals surface area (Å²) in [4.78, 5) is 2.33. The van der Waals surface area contributed by atoms with Gasteiger partial charge in [0.2, 0.25) is 0 Å². The summed E-state index contributed by atoms with van der Waals surface area (Å²) < 4.78 is 5.66. The van der Waals surface area contributed by atoms with E-state index in [0.29, 0.717) is 6.61 Å². The van der Waals surface area contributed by atoms with Crippen molar-refractivity contribution in [3.63, 3.8) is 0 Å². The molecule has 0 aromatic rings. The van der Waals surface area contributed by atoms with Crippen LogP contribution >= 0.6 is 0 Å². The monoisotopic (exact) mass is 241 g/mol. The predicted octanol–water partition coefficient (Wildman–Crippen LogP) is 1.90. The van der Waals surface area contributed by atoms with Gasteiger partial charge in [0, 0.05) is 31.7 Å². The second kappa shape index (κ2) is 6.17. The number of nitrogens with zero attached hydrogens (tertiary/aromatic N) is 1. The lowest BCUT2D eigenvalue weighted by atomic mass is 9.87. The standard InChI is InChI=1S/C14H27NO2/c1-15(8-9-17-10-13-4-5-13)11-14(12-16)6-2-3-7-14/h13,16H,2-12H2,1H3. The van der Waals surface area contributed by atoms with Crippen molar-refractivity contribution in [2.75, 3.05) is 40.0 Å². The molecule has 0 spiro atoms. The molecule has 3 heteroatoms. The van der Waals surface area contributed by atoms with Gasteiger partial charge in [-0.25, -0.2) is 0 Å². The highest BCUT2D eigenvalue weighted by Gasteiger charge is 2.34. The fourth-order valence-corrected chi connectivity index (χ4v) is 2.90. The van der Waals surface area contributed by atoms with Gasteiger partial charge in [-0.3, -0.25) is 0 Å². The molecule has 0 aliphatic heterocycles. The minimum absolute atomic E-state index is 0.186. The SMILES string of the molecule is CN(CCOCC1CC1)CC1(CO)CCCC1. The molecule has 17 heavy (non-hydrogen) atoms. The van der Waals surface area contributed by atoms with E-state index in [1.54, 1.807) is 0 Å². The molecule has 0 amide bonds. The average molecular weight is 241 g/mol. The highest BCUT2D eigenvalue weighted by molar-refractivity contribution is 4.86. The first kappa shape index (κ1) is 13.3. The van der Waals surface area contributed by atoms with Crippen LogP contribution in [0.1, 0.15) is 38.5 Å². The number of ether oxygens (including phenoxy) is 1. The molecule has 2 aliphatic carbocycles. The summed E-state index contributed by atoms with van der Waals surface area (Å²) in [5.41, 5.74) is 0.186. The quantitative estimate of drug-likeness (QED) is 0.659. The molecule has 0 heterocycles. The maximum atomic E-state index is 9.56. The Hall–Kier alpha value is -0.120. The Balaban J connectivity index is 1.59. The Kier molecular flexibility index (Phi) is 4.83. The normalized spacial score (nSPS) is 23.5. The Bertz CT molecular complexity index is 222. The van der Waals surface area contributed by atoms with Crippen molar-refractivity contribution >= 4 is 0 Å². The maximum Gasteiger partial charge on any atom is 0.0593 e. The molecule has 0 bridgehead atoms. The van der Waals surface area contributed by atoms with Crippen molar-refractivity contribution in [3.8, 4) is 0 Å². The number of hydrogen-bond acceptors (Lipinski definition) is 3. The van der Waals surface area contributed by atoms with Crippen molar-refractivity contribution in [2.45, 2.75) is 38.5 Å². The Morgan fingerprint density at radius 3 is 2.59 bits per heavy atom. The van der Waals surface area contributed by atoms with Gasteiger partial charge in [0.1, 0.15) is 0 Å².